The van der Waals surface area contributed by atoms with Gasteiger partial charge >= 0.3 is 0 Å². The molecular formula is C16H17ClFNO2. The molecule has 2 aromatic carbocycles. The van der Waals surface area contributed by atoms with Crippen LogP contribution in [0, 0.1) is 5.82 Å². The minimum absolute atomic E-state index is 0.0905. The Hall–Kier alpha value is -1.78. The zero-order valence-electron chi connectivity index (χ0n) is 11.9. The van der Waals surface area contributed by atoms with Crippen LogP contribution in [0.5, 0.6) is 11.5 Å². The van der Waals surface area contributed by atoms with Crippen molar-refractivity contribution in [1.82, 2.24) is 0 Å². The molecule has 2 aromatic rings. The molecule has 0 heterocycles. The topological polar surface area (TPSA) is 44.5 Å². The van der Waals surface area contributed by atoms with Gasteiger partial charge in [-0.15, -0.1) is 0 Å². The van der Waals surface area contributed by atoms with Crippen LogP contribution in [-0.4, -0.2) is 7.11 Å². The molecule has 5 heteroatoms. The summed E-state index contributed by atoms with van der Waals surface area (Å²) in [5, 5.41) is 0.485. The molecule has 0 spiro atoms. The molecule has 0 amide bonds. The van der Waals surface area contributed by atoms with Gasteiger partial charge in [-0.3, -0.25) is 0 Å². The summed E-state index contributed by atoms with van der Waals surface area (Å²) in [5.41, 5.74) is 7.42. The number of hydrogen-bond acceptors (Lipinski definition) is 3. The van der Waals surface area contributed by atoms with Crippen molar-refractivity contribution in [2.45, 2.75) is 19.6 Å². The maximum atomic E-state index is 13.6. The van der Waals surface area contributed by atoms with E-state index in [2.05, 4.69) is 0 Å². The first kappa shape index (κ1) is 15.6. The summed E-state index contributed by atoms with van der Waals surface area (Å²) in [6, 6.07) is 9.99. The predicted molar refractivity (Wildman–Crippen MR) is 81.3 cm³/mol. The summed E-state index contributed by atoms with van der Waals surface area (Å²) in [6.45, 7) is 2.10. The molecule has 1 unspecified atom stereocenters. The van der Waals surface area contributed by atoms with Gasteiger partial charge in [0.15, 0.2) is 11.6 Å². The van der Waals surface area contributed by atoms with Crippen LogP contribution in [0.15, 0.2) is 36.4 Å². The Bertz CT molecular complexity index is 632. The molecule has 0 aromatic heterocycles. The van der Waals surface area contributed by atoms with E-state index in [1.165, 1.54) is 13.2 Å². The Labute approximate surface area is 128 Å². The van der Waals surface area contributed by atoms with Gasteiger partial charge in [0.05, 0.1) is 12.1 Å². The molecule has 0 fully saturated rings. The van der Waals surface area contributed by atoms with Crippen LogP contribution in [-0.2, 0) is 6.61 Å². The molecule has 0 aliphatic heterocycles. The molecule has 3 nitrogen and oxygen atoms in total. The third-order valence-corrected chi connectivity index (χ3v) is 3.39. The zero-order valence-corrected chi connectivity index (χ0v) is 12.7. The quantitative estimate of drug-likeness (QED) is 0.905. The second kappa shape index (κ2) is 6.78. The highest BCUT2D eigenvalue weighted by molar-refractivity contribution is 6.32. The van der Waals surface area contributed by atoms with Crippen molar-refractivity contribution < 1.29 is 13.9 Å². The van der Waals surface area contributed by atoms with Gasteiger partial charge in [-0.25, -0.2) is 4.39 Å². The molecule has 2 rings (SSSR count). The Morgan fingerprint density at radius 3 is 2.48 bits per heavy atom. The molecule has 2 N–H and O–H groups in total. The summed E-state index contributed by atoms with van der Waals surface area (Å²) in [4.78, 5) is 0. The average molecular weight is 310 g/mol. The van der Waals surface area contributed by atoms with Crippen molar-refractivity contribution in [2.75, 3.05) is 7.11 Å². The van der Waals surface area contributed by atoms with Gasteiger partial charge in [0.25, 0.3) is 0 Å². The summed E-state index contributed by atoms with van der Waals surface area (Å²) in [6.07, 6.45) is 0. The largest absolute Gasteiger partial charge is 0.494 e. The summed E-state index contributed by atoms with van der Waals surface area (Å²) >= 11 is 6.14. The van der Waals surface area contributed by atoms with Gasteiger partial charge in [-0.2, -0.15) is 0 Å². The second-order valence-corrected chi connectivity index (χ2v) is 5.14. The molecule has 0 radical (unpaired) electrons. The number of halogens is 2. The molecule has 0 saturated carbocycles. The summed E-state index contributed by atoms with van der Waals surface area (Å²) in [5.74, 6) is 0.326. The second-order valence-electron chi connectivity index (χ2n) is 4.74. The smallest absolute Gasteiger partial charge is 0.165 e. The number of benzene rings is 2. The highest BCUT2D eigenvalue weighted by atomic mass is 35.5. The molecule has 0 saturated heterocycles. The van der Waals surface area contributed by atoms with Gasteiger partial charge in [0.2, 0.25) is 0 Å². The number of methoxy groups -OCH3 is 1. The fourth-order valence-electron chi connectivity index (χ4n) is 1.88. The highest BCUT2D eigenvalue weighted by Gasteiger charge is 2.08. The minimum atomic E-state index is -0.419. The zero-order chi connectivity index (χ0) is 15.4. The van der Waals surface area contributed by atoms with Crippen molar-refractivity contribution >= 4 is 11.6 Å². The average Bonchev–Trinajstić information content (AvgIpc) is 2.46. The fraction of sp³-hybridized carbons (Fsp3) is 0.250. The molecular weight excluding hydrogens is 293 g/mol. The van der Waals surface area contributed by atoms with Gasteiger partial charge in [0, 0.05) is 6.04 Å². The molecule has 0 aliphatic rings. The van der Waals surface area contributed by atoms with Crippen molar-refractivity contribution in [3.63, 3.8) is 0 Å². The maximum Gasteiger partial charge on any atom is 0.165 e. The lowest BCUT2D eigenvalue weighted by molar-refractivity contribution is 0.305. The Morgan fingerprint density at radius 2 is 1.90 bits per heavy atom. The van der Waals surface area contributed by atoms with Crippen LogP contribution in [0.25, 0.3) is 0 Å². The maximum absolute atomic E-state index is 13.6. The number of nitrogens with two attached hydrogens (primary N) is 1. The van der Waals surface area contributed by atoms with E-state index in [0.717, 1.165) is 5.56 Å². The van der Waals surface area contributed by atoms with E-state index in [0.29, 0.717) is 16.3 Å². The van der Waals surface area contributed by atoms with E-state index in [9.17, 15) is 4.39 Å². The van der Waals surface area contributed by atoms with Gasteiger partial charge in [0.1, 0.15) is 12.4 Å². The first-order chi connectivity index (χ1) is 10.0. The summed E-state index contributed by atoms with van der Waals surface area (Å²) < 4.78 is 24.1. The Balaban J connectivity index is 2.08. The van der Waals surface area contributed by atoms with Crippen molar-refractivity contribution in [2.24, 2.45) is 5.73 Å². The predicted octanol–water partition coefficient (Wildman–Crippen LogP) is 4.09. The first-order valence-electron chi connectivity index (χ1n) is 6.51. The van der Waals surface area contributed by atoms with Crippen LogP contribution in [0.2, 0.25) is 5.02 Å². The standard InChI is InChI=1S/C16H17ClFNO2/c1-10(19)12-4-6-15(13(17)8-12)21-9-11-3-5-16(20-2)14(18)7-11/h3-8,10H,9,19H2,1-2H3. The Kier molecular flexibility index (Phi) is 5.04. The van der Waals surface area contributed by atoms with E-state index in [1.54, 1.807) is 24.3 Å². The lowest BCUT2D eigenvalue weighted by atomic mass is 10.1. The third kappa shape index (κ3) is 3.86. The first-order valence-corrected chi connectivity index (χ1v) is 6.89. The molecule has 1 atom stereocenters. The molecule has 0 bridgehead atoms. The fourth-order valence-corrected chi connectivity index (χ4v) is 2.12. The van der Waals surface area contributed by atoms with Crippen LogP contribution >= 0.6 is 11.6 Å². The van der Waals surface area contributed by atoms with Crippen LogP contribution in [0.4, 0.5) is 4.39 Å². The lowest BCUT2D eigenvalue weighted by Crippen LogP contribution is -2.05. The Morgan fingerprint density at radius 1 is 1.19 bits per heavy atom. The van der Waals surface area contributed by atoms with Gasteiger partial charge in [-0.05, 0) is 42.3 Å². The molecule has 112 valence electrons. The van der Waals surface area contributed by atoms with E-state index < -0.39 is 5.82 Å². The lowest BCUT2D eigenvalue weighted by Gasteiger charge is -2.12. The van der Waals surface area contributed by atoms with Gasteiger partial charge in [-0.1, -0.05) is 23.7 Å². The van der Waals surface area contributed by atoms with E-state index >= 15 is 0 Å². The van der Waals surface area contributed by atoms with E-state index in [4.69, 9.17) is 26.8 Å². The monoisotopic (exact) mass is 309 g/mol. The van der Waals surface area contributed by atoms with Crippen molar-refractivity contribution in [3.05, 3.63) is 58.4 Å². The molecule has 0 aliphatic carbocycles. The van der Waals surface area contributed by atoms with Crippen LogP contribution in [0.3, 0.4) is 0 Å². The van der Waals surface area contributed by atoms with Crippen molar-refractivity contribution in [1.29, 1.82) is 0 Å². The summed E-state index contributed by atoms with van der Waals surface area (Å²) in [7, 11) is 1.42. The number of rotatable bonds is 5. The van der Waals surface area contributed by atoms with Crippen LogP contribution in [0.1, 0.15) is 24.1 Å². The molecule has 21 heavy (non-hydrogen) atoms. The van der Waals surface area contributed by atoms with Gasteiger partial charge < -0.3 is 15.2 Å². The highest BCUT2D eigenvalue weighted by Crippen LogP contribution is 2.28. The normalized spacial score (nSPS) is 12.0. The third-order valence-electron chi connectivity index (χ3n) is 3.09. The SMILES string of the molecule is COc1ccc(COc2ccc(C(C)N)cc2Cl)cc1F. The van der Waals surface area contributed by atoms with E-state index in [1.807, 2.05) is 13.0 Å². The number of hydrogen-bond donors (Lipinski definition) is 1. The van der Waals surface area contributed by atoms with Crippen molar-refractivity contribution in [3.8, 4) is 11.5 Å². The van der Waals surface area contributed by atoms with Crippen LogP contribution < -0.4 is 15.2 Å². The van der Waals surface area contributed by atoms with E-state index in [-0.39, 0.29) is 18.4 Å². The number of ether oxygens (including phenoxy) is 2. The minimum Gasteiger partial charge on any atom is -0.494 e.